The molecule has 2 aromatic rings. The molecule has 0 saturated carbocycles. The van der Waals surface area contributed by atoms with Crippen molar-refractivity contribution in [2.45, 2.75) is 26.2 Å². The molecule has 1 heterocycles. The molecule has 0 aliphatic carbocycles. The van der Waals surface area contributed by atoms with Gasteiger partial charge in [0, 0.05) is 13.1 Å². The number of carbonyl (C=O) groups is 1. The smallest absolute Gasteiger partial charge is 0.229 e. The van der Waals surface area contributed by atoms with Crippen LogP contribution in [0, 0.1) is 5.41 Å². The van der Waals surface area contributed by atoms with Crippen LogP contribution < -0.4 is 5.73 Å². The lowest BCUT2D eigenvalue weighted by Gasteiger charge is -2.25. The summed E-state index contributed by atoms with van der Waals surface area (Å²) in [5.41, 5.74) is 7.01. The molecule has 1 aliphatic heterocycles. The average molecular weight is 333 g/mol. The number of hydrogen-bond donors (Lipinski definition) is 1. The molecule has 2 N–H and O–H groups in total. The van der Waals surface area contributed by atoms with Crippen molar-refractivity contribution in [3.05, 3.63) is 48.0 Å². The van der Waals surface area contributed by atoms with E-state index in [-0.39, 0.29) is 29.6 Å². The Morgan fingerprint density at radius 2 is 1.96 bits per heavy atom. The van der Waals surface area contributed by atoms with Gasteiger partial charge >= 0.3 is 0 Å². The standard InChI is InChI=1S/C19H24N2O.ClH/c1-14(18(22)21-10-9-19(2,12-20)13-21)16-8-7-15-5-3-4-6-17(15)11-16;/h3-8,11,14H,9-10,12-13,20H2,1-2H3;1H. The number of nitrogens with zero attached hydrogens (tertiary/aromatic N) is 1. The molecule has 0 spiro atoms. The van der Waals surface area contributed by atoms with Gasteiger partial charge in [0.05, 0.1) is 5.92 Å². The Morgan fingerprint density at radius 1 is 1.26 bits per heavy atom. The number of halogens is 1. The van der Waals surface area contributed by atoms with E-state index < -0.39 is 0 Å². The monoisotopic (exact) mass is 332 g/mol. The zero-order chi connectivity index (χ0) is 15.7. The molecule has 3 nitrogen and oxygen atoms in total. The second kappa shape index (κ2) is 6.90. The topological polar surface area (TPSA) is 46.3 Å². The van der Waals surface area contributed by atoms with E-state index in [1.165, 1.54) is 10.8 Å². The molecule has 2 atom stereocenters. The first-order valence-corrected chi connectivity index (χ1v) is 8.00. The van der Waals surface area contributed by atoms with Crippen LogP contribution in [0.3, 0.4) is 0 Å². The SMILES string of the molecule is CC(C(=O)N1CCC(C)(CN)C1)c1ccc2ccccc2c1.Cl. The lowest BCUT2D eigenvalue weighted by Crippen LogP contribution is -2.36. The van der Waals surface area contributed by atoms with E-state index in [0.717, 1.165) is 25.1 Å². The molecule has 124 valence electrons. The number of fused-ring (bicyclic) bond motifs is 1. The van der Waals surface area contributed by atoms with Crippen LogP contribution in [0.25, 0.3) is 10.8 Å². The highest BCUT2D eigenvalue weighted by Crippen LogP contribution is 2.31. The van der Waals surface area contributed by atoms with Crippen LogP contribution in [-0.2, 0) is 4.79 Å². The third-order valence-electron chi connectivity index (χ3n) is 5.01. The lowest BCUT2D eigenvalue weighted by molar-refractivity contribution is -0.131. The molecule has 4 heteroatoms. The highest BCUT2D eigenvalue weighted by molar-refractivity contribution is 5.87. The zero-order valence-corrected chi connectivity index (χ0v) is 14.6. The molecular weight excluding hydrogens is 308 g/mol. The van der Waals surface area contributed by atoms with Crippen LogP contribution in [0.15, 0.2) is 42.5 Å². The van der Waals surface area contributed by atoms with Crippen LogP contribution in [0.1, 0.15) is 31.7 Å². The maximum Gasteiger partial charge on any atom is 0.229 e. The Hall–Kier alpha value is -1.58. The van der Waals surface area contributed by atoms with E-state index in [9.17, 15) is 4.79 Å². The van der Waals surface area contributed by atoms with E-state index in [1.54, 1.807) is 0 Å². The quantitative estimate of drug-likeness (QED) is 0.934. The van der Waals surface area contributed by atoms with E-state index in [0.29, 0.717) is 6.54 Å². The Kier molecular flexibility index (Phi) is 5.33. The van der Waals surface area contributed by atoms with Crippen molar-refractivity contribution < 1.29 is 4.79 Å². The Balaban J connectivity index is 0.00000192. The van der Waals surface area contributed by atoms with E-state index in [1.807, 2.05) is 24.0 Å². The maximum absolute atomic E-state index is 12.8. The van der Waals surface area contributed by atoms with Gasteiger partial charge in [-0.1, -0.05) is 49.4 Å². The fraction of sp³-hybridized carbons (Fsp3) is 0.421. The number of nitrogens with two attached hydrogens (primary N) is 1. The Morgan fingerprint density at radius 3 is 2.61 bits per heavy atom. The van der Waals surface area contributed by atoms with Crippen LogP contribution in [-0.4, -0.2) is 30.4 Å². The van der Waals surface area contributed by atoms with Gasteiger partial charge in [-0.05, 0) is 41.6 Å². The average Bonchev–Trinajstić information content (AvgIpc) is 2.96. The maximum atomic E-state index is 12.8. The fourth-order valence-corrected chi connectivity index (χ4v) is 3.27. The third-order valence-corrected chi connectivity index (χ3v) is 5.01. The van der Waals surface area contributed by atoms with Gasteiger partial charge in [0.1, 0.15) is 0 Å². The molecule has 3 rings (SSSR count). The molecule has 2 unspecified atom stereocenters. The number of amides is 1. The minimum absolute atomic E-state index is 0. The summed E-state index contributed by atoms with van der Waals surface area (Å²) in [7, 11) is 0. The van der Waals surface area contributed by atoms with Crippen molar-refractivity contribution in [2.24, 2.45) is 11.1 Å². The number of likely N-dealkylation sites (tertiary alicyclic amines) is 1. The molecule has 23 heavy (non-hydrogen) atoms. The normalized spacial score (nSPS) is 22.0. The second-order valence-corrected chi connectivity index (χ2v) is 6.85. The first kappa shape index (κ1) is 17.8. The van der Waals surface area contributed by atoms with Gasteiger partial charge in [-0.2, -0.15) is 0 Å². The number of benzene rings is 2. The summed E-state index contributed by atoms with van der Waals surface area (Å²) in [6.45, 7) is 6.41. The van der Waals surface area contributed by atoms with Gasteiger partial charge in [-0.15, -0.1) is 12.4 Å². The van der Waals surface area contributed by atoms with Crippen LogP contribution in [0.5, 0.6) is 0 Å². The van der Waals surface area contributed by atoms with E-state index in [4.69, 9.17) is 5.73 Å². The van der Waals surface area contributed by atoms with Gasteiger partial charge in [0.2, 0.25) is 5.91 Å². The Labute approximate surface area is 144 Å². The summed E-state index contributed by atoms with van der Waals surface area (Å²) in [6.07, 6.45) is 1.000. The molecule has 0 radical (unpaired) electrons. The number of hydrogen-bond acceptors (Lipinski definition) is 2. The van der Waals surface area contributed by atoms with Gasteiger partial charge in [-0.3, -0.25) is 4.79 Å². The lowest BCUT2D eigenvalue weighted by atomic mass is 9.90. The molecule has 1 fully saturated rings. The van der Waals surface area contributed by atoms with Gasteiger partial charge in [0.25, 0.3) is 0 Å². The zero-order valence-electron chi connectivity index (χ0n) is 13.8. The summed E-state index contributed by atoms with van der Waals surface area (Å²) in [5.74, 6) is 0.109. The molecule has 1 saturated heterocycles. The summed E-state index contributed by atoms with van der Waals surface area (Å²) in [6, 6.07) is 14.6. The van der Waals surface area contributed by atoms with Gasteiger partial charge in [0.15, 0.2) is 0 Å². The number of carbonyl (C=O) groups excluding carboxylic acids is 1. The highest BCUT2D eigenvalue weighted by Gasteiger charge is 2.36. The van der Waals surface area contributed by atoms with Gasteiger partial charge in [-0.25, -0.2) is 0 Å². The van der Waals surface area contributed by atoms with E-state index in [2.05, 4.69) is 37.3 Å². The first-order chi connectivity index (χ1) is 10.5. The highest BCUT2D eigenvalue weighted by atomic mass is 35.5. The number of rotatable bonds is 3. The molecule has 2 aromatic carbocycles. The molecule has 1 amide bonds. The van der Waals surface area contributed by atoms with Crippen molar-refractivity contribution in [3.8, 4) is 0 Å². The fourth-order valence-electron chi connectivity index (χ4n) is 3.27. The van der Waals surface area contributed by atoms with Crippen molar-refractivity contribution in [1.29, 1.82) is 0 Å². The summed E-state index contributed by atoms with van der Waals surface area (Å²) in [4.78, 5) is 14.7. The van der Waals surface area contributed by atoms with Crippen molar-refractivity contribution >= 4 is 29.1 Å². The third kappa shape index (κ3) is 3.51. The first-order valence-electron chi connectivity index (χ1n) is 8.00. The molecular formula is C19H25ClN2O. The second-order valence-electron chi connectivity index (χ2n) is 6.85. The molecule has 0 bridgehead atoms. The van der Waals surface area contributed by atoms with Crippen molar-refractivity contribution in [2.75, 3.05) is 19.6 Å². The van der Waals surface area contributed by atoms with Crippen molar-refractivity contribution in [3.63, 3.8) is 0 Å². The summed E-state index contributed by atoms with van der Waals surface area (Å²) in [5, 5.41) is 2.40. The predicted octanol–water partition coefficient (Wildman–Crippen LogP) is 3.56. The van der Waals surface area contributed by atoms with Gasteiger partial charge < -0.3 is 10.6 Å². The molecule has 0 aromatic heterocycles. The summed E-state index contributed by atoms with van der Waals surface area (Å²) >= 11 is 0. The van der Waals surface area contributed by atoms with Crippen LogP contribution in [0.4, 0.5) is 0 Å². The Bertz CT molecular complexity index is 703. The molecule has 1 aliphatic rings. The summed E-state index contributed by atoms with van der Waals surface area (Å²) < 4.78 is 0. The van der Waals surface area contributed by atoms with Crippen LogP contribution >= 0.6 is 12.4 Å². The minimum Gasteiger partial charge on any atom is -0.342 e. The van der Waals surface area contributed by atoms with Crippen LogP contribution in [0.2, 0.25) is 0 Å². The largest absolute Gasteiger partial charge is 0.342 e. The van der Waals surface area contributed by atoms with E-state index >= 15 is 0 Å². The minimum atomic E-state index is -0.107. The predicted molar refractivity (Wildman–Crippen MR) is 98.0 cm³/mol. The van der Waals surface area contributed by atoms with Crippen molar-refractivity contribution in [1.82, 2.24) is 4.90 Å².